The lowest BCUT2D eigenvalue weighted by atomic mass is 9.83. The lowest BCUT2D eigenvalue weighted by molar-refractivity contribution is -0.193. The highest BCUT2D eigenvalue weighted by Gasteiger charge is 2.51. The topological polar surface area (TPSA) is 84.5 Å². The van der Waals surface area contributed by atoms with Crippen LogP contribution in [0.25, 0.3) is 0 Å². The van der Waals surface area contributed by atoms with Gasteiger partial charge in [-0.3, -0.25) is 14.4 Å². The number of ether oxygens (including phenoxy) is 1. The van der Waals surface area contributed by atoms with E-state index in [2.05, 4.69) is 17.2 Å². The highest BCUT2D eigenvalue weighted by atomic mass is 16.6. The first-order valence-corrected chi connectivity index (χ1v) is 9.22. The maximum Gasteiger partial charge on any atom is 0.314 e. The predicted molar refractivity (Wildman–Crippen MR) is 94.4 cm³/mol. The van der Waals surface area contributed by atoms with Crippen molar-refractivity contribution in [2.75, 3.05) is 0 Å². The molecule has 6 nitrogen and oxygen atoms in total. The number of carbonyl (C=O) groups is 3. The number of carbonyl (C=O) groups excluding carboxylic acids is 3. The average Bonchev–Trinajstić information content (AvgIpc) is 3.28. The van der Waals surface area contributed by atoms with Crippen molar-refractivity contribution >= 4 is 17.8 Å². The summed E-state index contributed by atoms with van der Waals surface area (Å²) in [5.74, 6) is -0.398. The lowest BCUT2D eigenvalue weighted by Gasteiger charge is -2.37. The molecule has 2 amide bonds. The Morgan fingerprint density at radius 3 is 2.56 bits per heavy atom. The average molecular weight is 350 g/mol. The molecular formula is C19H30N2O4. The summed E-state index contributed by atoms with van der Waals surface area (Å²) in [4.78, 5) is 35.7. The monoisotopic (exact) mass is 350 g/mol. The maximum absolute atomic E-state index is 12.3. The van der Waals surface area contributed by atoms with Crippen molar-refractivity contribution in [1.82, 2.24) is 10.6 Å². The van der Waals surface area contributed by atoms with Gasteiger partial charge in [-0.25, -0.2) is 0 Å². The van der Waals surface area contributed by atoms with Gasteiger partial charge < -0.3 is 15.4 Å². The van der Waals surface area contributed by atoms with E-state index in [1.54, 1.807) is 6.08 Å². The lowest BCUT2D eigenvalue weighted by Crippen LogP contribution is -2.56. The van der Waals surface area contributed by atoms with Crippen LogP contribution in [0, 0.1) is 23.7 Å². The molecule has 0 unspecified atom stereocenters. The molecule has 6 heteroatoms. The molecule has 0 aromatic rings. The Labute approximate surface area is 149 Å². The second-order valence-electron chi connectivity index (χ2n) is 7.62. The van der Waals surface area contributed by atoms with Crippen LogP contribution in [0.4, 0.5) is 0 Å². The van der Waals surface area contributed by atoms with Crippen LogP contribution < -0.4 is 10.6 Å². The summed E-state index contributed by atoms with van der Waals surface area (Å²) in [7, 11) is 0. The molecule has 1 heterocycles. The SMILES string of the molecule is C=C[C@H](C[C@@H]1C[C@@H]1NC(=O)[C@@H]1OC(=O)[C@H]1[C@@H](C)CC)NC(=O)C(C)C. The molecule has 0 spiro atoms. The Bertz CT molecular complexity index is 546. The molecular weight excluding hydrogens is 320 g/mol. The molecule has 2 N–H and O–H groups in total. The van der Waals surface area contributed by atoms with Gasteiger partial charge in [-0.1, -0.05) is 40.2 Å². The summed E-state index contributed by atoms with van der Waals surface area (Å²) in [6, 6.07) is -0.000943. The van der Waals surface area contributed by atoms with Gasteiger partial charge in [-0.05, 0) is 24.7 Å². The molecule has 0 aromatic heterocycles. The molecule has 1 saturated carbocycles. The second kappa shape index (κ2) is 8.02. The second-order valence-corrected chi connectivity index (χ2v) is 7.62. The minimum absolute atomic E-state index is 0.00362. The third-order valence-electron chi connectivity index (χ3n) is 5.30. The van der Waals surface area contributed by atoms with Crippen LogP contribution in [0.5, 0.6) is 0 Å². The van der Waals surface area contributed by atoms with E-state index in [0.29, 0.717) is 5.92 Å². The van der Waals surface area contributed by atoms with Gasteiger partial charge in [-0.2, -0.15) is 0 Å². The smallest absolute Gasteiger partial charge is 0.314 e. The molecule has 6 atom stereocenters. The van der Waals surface area contributed by atoms with Gasteiger partial charge >= 0.3 is 5.97 Å². The third kappa shape index (κ3) is 4.61. The van der Waals surface area contributed by atoms with Crippen molar-refractivity contribution in [3.8, 4) is 0 Å². The minimum atomic E-state index is -0.653. The van der Waals surface area contributed by atoms with E-state index in [9.17, 15) is 14.4 Å². The summed E-state index contributed by atoms with van der Waals surface area (Å²) in [6.07, 6.45) is 3.56. The van der Waals surface area contributed by atoms with E-state index in [0.717, 1.165) is 19.3 Å². The van der Waals surface area contributed by atoms with Crippen LogP contribution in [0.2, 0.25) is 0 Å². The number of hydrogen-bond donors (Lipinski definition) is 2. The summed E-state index contributed by atoms with van der Waals surface area (Å²) in [5, 5.41) is 5.93. The van der Waals surface area contributed by atoms with E-state index in [-0.39, 0.29) is 47.6 Å². The molecule has 2 rings (SSSR count). The van der Waals surface area contributed by atoms with E-state index >= 15 is 0 Å². The van der Waals surface area contributed by atoms with E-state index in [1.165, 1.54) is 0 Å². The summed E-state index contributed by atoms with van der Waals surface area (Å²) < 4.78 is 5.06. The highest BCUT2D eigenvalue weighted by molar-refractivity contribution is 5.94. The number of hydrogen-bond acceptors (Lipinski definition) is 4. The van der Waals surface area contributed by atoms with Gasteiger partial charge in [-0.15, -0.1) is 6.58 Å². The predicted octanol–water partition coefficient (Wildman–Crippen LogP) is 1.80. The quantitative estimate of drug-likeness (QED) is 0.490. The number of nitrogens with one attached hydrogen (secondary N) is 2. The van der Waals surface area contributed by atoms with Crippen LogP contribution in [-0.2, 0) is 19.1 Å². The van der Waals surface area contributed by atoms with Gasteiger partial charge in [0.05, 0.1) is 0 Å². The number of amides is 2. The van der Waals surface area contributed by atoms with Gasteiger partial charge in [0, 0.05) is 18.0 Å². The standard InChI is InChI=1S/C19H30N2O4/c1-6-11(5)15-16(25-19(15)24)18(23)21-14-9-12(14)8-13(7-2)20-17(22)10(3)4/h7,10-16H,2,6,8-9H2,1,3-5H3,(H,20,22)(H,21,23)/t11-,12+,13+,14-,15-,16+/m0/s1. The van der Waals surface area contributed by atoms with Crippen molar-refractivity contribution in [2.45, 2.75) is 65.1 Å². The van der Waals surface area contributed by atoms with Gasteiger partial charge in [0.2, 0.25) is 5.91 Å². The zero-order valence-corrected chi connectivity index (χ0v) is 15.6. The van der Waals surface area contributed by atoms with Gasteiger partial charge in [0.25, 0.3) is 5.91 Å². The summed E-state index contributed by atoms with van der Waals surface area (Å²) in [5.41, 5.74) is 0. The van der Waals surface area contributed by atoms with Crippen molar-refractivity contribution in [3.05, 3.63) is 12.7 Å². The van der Waals surface area contributed by atoms with Crippen molar-refractivity contribution in [2.24, 2.45) is 23.7 Å². The third-order valence-corrected chi connectivity index (χ3v) is 5.30. The molecule has 1 saturated heterocycles. The highest BCUT2D eigenvalue weighted by Crippen LogP contribution is 2.37. The molecule has 140 valence electrons. The number of esters is 1. The fraction of sp³-hybridized carbons (Fsp3) is 0.737. The van der Waals surface area contributed by atoms with Crippen molar-refractivity contribution < 1.29 is 19.1 Å². The normalized spacial score (nSPS) is 29.9. The summed E-state index contributed by atoms with van der Waals surface area (Å²) >= 11 is 0. The zero-order chi connectivity index (χ0) is 18.7. The van der Waals surface area contributed by atoms with Crippen LogP contribution in [0.1, 0.15) is 47.0 Å². The molecule has 25 heavy (non-hydrogen) atoms. The first kappa shape index (κ1) is 19.5. The largest absolute Gasteiger partial charge is 0.451 e. The van der Waals surface area contributed by atoms with Crippen molar-refractivity contribution in [1.29, 1.82) is 0 Å². The molecule has 0 aromatic carbocycles. The molecule has 1 aliphatic heterocycles. The van der Waals surface area contributed by atoms with Gasteiger partial charge in [0.1, 0.15) is 5.92 Å². The zero-order valence-electron chi connectivity index (χ0n) is 15.6. The van der Waals surface area contributed by atoms with Crippen LogP contribution in [-0.4, -0.2) is 36.0 Å². The minimum Gasteiger partial charge on any atom is -0.451 e. The Balaban J connectivity index is 1.78. The molecule has 2 aliphatic rings. The molecule has 2 fully saturated rings. The molecule has 0 bridgehead atoms. The first-order chi connectivity index (χ1) is 11.8. The molecule has 1 aliphatic carbocycles. The fourth-order valence-corrected chi connectivity index (χ4v) is 3.17. The van der Waals surface area contributed by atoms with E-state index in [1.807, 2.05) is 27.7 Å². The Morgan fingerprint density at radius 1 is 1.36 bits per heavy atom. The maximum atomic E-state index is 12.3. The van der Waals surface area contributed by atoms with Crippen molar-refractivity contribution in [3.63, 3.8) is 0 Å². The fourth-order valence-electron chi connectivity index (χ4n) is 3.17. The van der Waals surface area contributed by atoms with Crippen LogP contribution >= 0.6 is 0 Å². The Morgan fingerprint density at radius 2 is 2.04 bits per heavy atom. The summed E-state index contributed by atoms with van der Waals surface area (Å²) in [6.45, 7) is 11.5. The first-order valence-electron chi connectivity index (χ1n) is 9.22. The number of cyclic esters (lactones) is 1. The number of rotatable bonds is 9. The molecule has 0 radical (unpaired) electrons. The Kier molecular flexibility index (Phi) is 6.25. The van der Waals surface area contributed by atoms with E-state index < -0.39 is 6.10 Å². The van der Waals surface area contributed by atoms with Gasteiger partial charge in [0.15, 0.2) is 6.10 Å². The Hall–Kier alpha value is -1.85. The van der Waals surface area contributed by atoms with Crippen LogP contribution in [0.15, 0.2) is 12.7 Å². The van der Waals surface area contributed by atoms with E-state index in [4.69, 9.17) is 4.74 Å². The van der Waals surface area contributed by atoms with Crippen LogP contribution in [0.3, 0.4) is 0 Å².